The molecule has 2 aliphatic rings. The molecular formula is C27H17ClN2O4S2. The third-order valence-electron chi connectivity index (χ3n) is 5.79. The van der Waals surface area contributed by atoms with Gasteiger partial charge in [-0.1, -0.05) is 48.0 Å². The molecule has 36 heavy (non-hydrogen) atoms. The number of ether oxygens (including phenoxy) is 2. The van der Waals surface area contributed by atoms with Crippen molar-refractivity contribution in [2.75, 3.05) is 0 Å². The number of ketones is 2. The first-order chi connectivity index (χ1) is 17.5. The van der Waals surface area contributed by atoms with Crippen LogP contribution in [0.3, 0.4) is 0 Å². The minimum atomic E-state index is -0.680. The van der Waals surface area contributed by atoms with E-state index in [0.717, 1.165) is 28.2 Å². The Bertz CT molecular complexity index is 1470. The molecule has 0 spiro atoms. The summed E-state index contributed by atoms with van der Waals surface area (Å²) in [6.07, 6.45) is -0.161. The number of hydrogen-bond acceptors (Lipinski definition) is 8. The molecule has 4 aromatic rings. The van der Waals surface area contributed by atoms with Gasteiger partial charge in [-0.15, -0.1) is 22.7 Å². The van der Waals surface area contributed by atoms with E-state index in [1.165, 1.54) is 11.3 Å². The first-order valence-corrected chi connectivity index (χ1v) is 13.2. The molecule has 178 valence electrons. The highest BCUT2D eigenvalue weighted by atomic mass is 35.5. The van der Waals surface area contributed by atoms with Crippen molar-refractivity contribution in [3.05, 3.63) is 103 Å². The van der Waals surface area contributed by atoms with Crippen molar-refractivity contribution in [1.82, 2.24) is 0 Å². The molecule has 0 fully saturated rings. The van der Waals surface area contributed by atoms with Crippen molar-refractivity contribution in [2.45, 2.75) is 18.6 Å². The van der Waals surface area contributed by atoms with Crippen molar-refractivity contribution in [3.8, 4) is 0 Å². The van der Waals surface area contributed by atoms with Gasteiger partial charge in [0.05, 0.1) is 30.9 Å². The summed E-state index contributed by atoms with van der Waals surface area (Å²) in [4.78, 5) is 37.1. The monoisotopic (exact) mass is 532 g/mol. The zero-order valence-electron chi connectivity index (χ0n) is 18.8. The van der Waals surface area contributed by atoms with Crippen LogP contribution < -0.4 is 0 Å². The van der Waals surface area contributed by atoms with Crippen LogP contribution in [0.15, 0.2) is 82.8 Å². The highest BCUT2D eigenvalue weighted by Crippen LogP contribution is 2.38. The lowest BCUT2D eigenvalue weighted by Gasteiger charge is -2.22. The molecule has 0 aliphatic carbocycles. The first-order valence-electron chi connectivity index (χ1n) is 11.1. The van der Waals surface area contributed by atoms with Crippen molar-refractivity contribution >= 4 is 69.0 Å². The Morgan fingerprint density at radius 1 is 0.722 bits per heavy atom. The molecule has 0 saturated carbocycles. The van der Waals surface area contributed by atoms with E-state index in [4.69, 9.17) is 21.1 Å². The summed E-state index contributed by atoms with van der Waals surface area (Å²) in [5.74, 6) is -0.411. The Balaban J connectivity index is 1.22. The summed E-state index contributed by atoms with van der Waals surface area (Å²) in [6.45, 7) is 1.95. The summed E-state index contributed by atoms with van der Waals surface area (Å²) in [7, 11) is 0. The summed E-state index contributed by atoms with van der Waals surface area (Å²) in [6, 6.07) is 21.9. The SMILES string of the molecule is CC1OC(c2ccc(C(=O)C(=O)c3ccc(C4=Nc5ccccc5C(Cl)O4)s3)s2)=Nc2ccccc21. The van der Waals surface area contributed by atoms with E-state index in [1.807, 2.05) is 55.5 Å². The molecule has 9 heteroatoms. The minimum absolute atomic E-state index is 0.161. The number of para-hydroxylation sites is 2. The number of nitrogens with zero attached hydrogens (tertiary/aromatic N) is 2. The van der Waals surface area contributed by atoms with E-state index in [2.05, 4.69) is 9.98 Å². The number of carbonyl (C=O) groups is 2. The van der Waals surface area contributed by atoms with Gasteiger partial charge in [0.2, 0.25) is 28.9 Å². The fourth-order valence-electron chi connectivity index (χ4n) is 3.98. The average Bonchev–Trinajstić information content (AvgIpc) is 3.59. The lowest BCUT2D eigenvalue weighted by molar-refractivity contribution is 0.0821. The van der Waals surface area contributed by atoms with Gasteiger partial charge in [-0.05, 0) is 43.3 Å². The van der Waals surface area contributed by atoms with Gasteiger partial charge in [-0.25, -0.2) is 9.98 Å². The van der Waals surface area contributed by atoms with Gasteiger partial charge in [0.1, 0.15) is 6.10 Å². The number of rotatable bonds is 5. The third-order valence-corrected chi connectivity index (χ3v) is 8.26. The van der Waals surface area contributed by atoms with Gasteiger partial charge in [0.15, 0.2) is 0 Å². The second-order valence-electron chi connectivity index (χ2n) is 8.13. The quantitative estimate of drug-likeness (QED) is 0.152. The van der Waals surface area contributed by atoms with Crippen LogP contribution in [0, 0.1) is 0 Å². The molecule has 0 saturated heterocycles. The van der Waals surface area contributed by atoms with E-state index >= 15 is 0 Å². The van der Waals surface area contributed by atoms with Gasteiger partial charge >= 0.3 is 0 Å². The van der Waals surface area contributed by atoms with Crippen LogP contribution in [-0.4, -0.2) is 23.4 Å². The molecule has 2 aromatic heterocycles. The number of fused-ring (bicyclic) bond motifs is 2. The standard InChI is InChI=1S/C27H17ClN2O4S2/c1-14-15-6-2-4-8-17(15)29-26(33-14)21-12-10-19(35-21)23(31)24(32)20-11-13-22(36-20)27-30-18-9-5-3-7-16(18)25(28)34-27/h2-14,25H,1H3. The third kappa shape index (κ3) is 4.07. The normalized spacial score (nSPS) is 18.2. The minimum Gasteiger partial charge on any atom is -0.469 e. The van der Waals surface area contributed by atoms with Crippen LogP contribution in [0.2, 0.25) is 0 Å². The van der Waals surface area contributed by atoms with E-state index in [0.29, 0.717) is 37.0 Å². The van der Waals surface area contributed by atoms with Crippen molar-refractivity contribution in [3.63, 3.8) is 0 Å². The summed E-state index contributed by atoms with van der Waals surface area (Å²) in [5, 5.41) is 0. The zero-order chi connectivity index (χ0) is 24.8. The summed E-state index contributed by atoms with van der Waals surface area (Å²) < 4.78 is 11.7. The molecule has 2 unspecified atom stereocenters. The number of carbonyl (C=O) groups excluding carboxylic acids is 2. The number of aliphatic imine (C=N–C) groups is 2. The van der Waals surface area contributed by atoms with Crippen LogP contribution in [0.1, 0.15) is 58.8 Å². The zero-order valence-corrected chi connectivity index (χ0v) is 21.2. The molecule has 6 nitrogen and oxygen atoms in total. The second-order valence-corrected chi connectivity index (χ2v) is 10.7. The maximum absolute atomic E-state index is 13.0. The molecular weight excluding hydrogens is 516 g/mol. The smallest absolute Gasteiger partial charge is 0.244 e. The lowest BCUT2D eigenvalue weighted by atomic mass is 10.1. The fourth-order valence-corrected chi connectivity index (χ4v) is 6.00. The van der Waals surface area contributed by atoms with Crippen LogP contribution >= 0.6 is 34.3 Å². The predicted octanol–water partition coefficient (Wildman–Crippen LogP) is 7.39. The van der Waals surface area contributed by atoms with Crippen molar-refractivity contribution < 1.29 is 19.1 Å². The molecule has 6 rings (SSSR count). The number of thiophene rings is 2. The van der Waals surface area contributed by atoms with Crippen LogP contribution in [0.5, 0.6) is 0 Å². The summed E-state index contributed by atoms with van der Waals surface area (Å²) in [5.41, 5.74) is 2.66. The molecule has 2 atom stereocenters. The molecule has 0 radical (unpaired) electrons. The van der Waals surface area contributed by atoms with Crippen molar-refractivity contribution in [1.29, 1.82) is 0 Å². The highest BCUT2D eigenvalue weighted by molar-refractivity contribution is 7.19. The van der Waals surface area contributed by atoms with E-state index in [9.17, 15) is 9.59 Å². The van der Waals surface area contributed by atoms with Crippen LogP contribution in [0.25, 0.3) is 0 Å². The molecule has 2 aliphatic heterocycles. The second kappa shape index (κ2) is 9.13. The van der Waals surface area contributed by atoms with Crippen LogP contribution in [0.4, 0.5) is 11.4 Å². The average molecular weight is 533 g/mol. The molecule has 0 amide bonds. The number of Topliss-reactive ketones (excluding diaryl/α,β-unsaturated/α-hetero) is 2. The highest BCUT2D eigenvalue weighted by Gasteiger charge is 2.28. The fraction of sp³-hybridized carbons (Fsp3) is 0.111. The molecule has 2 aromatic carbocycles. The van der Waals surface area contributed by atoms with Gasteiger partial charge in [0, 0.05) is 11.1 Å². The Hall–Kier alpha value is -3.59. The summed E-state index contributed by atoms with van der Waals surface area (Å²) >= 11 is 8.69. The Labute approximate surface area is 219 Å². The maximum Gasteiger partial charge on any atom is 0.244 e. The van der Waals surface area contributed by atoms with Gasteiger partial charge in [-0.3, -0.25) is 9.59 Å². The Morgan fingerprint density at radius 2 is 1.22 bits per heavy atom. The van der Waals surface area contributed by atoms with E-state index < -0.39 is 17.1 Å². The van der Waals surface area contributed by atoms with E-state index in [1.54, 1.807) is 24.3 Å². The number of benzene rings is 2. The molecule has 4 heterocycles. The first kappa shape index (κ1) is 22.8. The maximum atomic E-state index is 13.0. The van der Waals surface area contributed by atoms with Gasteiger partial charge in [0.25, 0.3) is 0 Å². The van der Waals surface area contributed by atoms with Gasteiger partial charge < -0.3 is 9.47 Å². The van der Waals surface area contributed by atoms with E-state index in [-0.39, 0.29) is 6.10 Å². The largest absolute Gasteiger partial charge is 0.469 e. The Morgan fingerprint density at radius 3 is 1.83 bits per heavy atom. The van der Waals surface area contributed by atoms with Crippen molar-refractivity contribution in [2.24, 2.45) is 9.98 Å². The Kier molecular flexibility index (Phi) is 5.79. The lowest BCUT2D eigenvalue weighted by Crippen LogP contribution is -2.14. The predicted molar refractivity (Wildman–Crippen MR) is 142 cm³/mol. The number of hydrogen-bond donors (Lipinski definition) is 0. The number of halogens is 1. The molecule has 0 bridgehead atoms. The molecule has 0 N–H and O–H groups in total. The number of alkyl halides is 1. The topological polar surface area (TPSA) is 77.3 Å². The van der Waals surface area contributed by atoms with Gasteiger partial charge in [-0.2, -0.15) is 0 Å². The van der Waals surface area contributed by atoms with Crippen LogP contribution in [-0.2, 0) is 9.47 Å².